The van der Waals surface area contributed by atoms with E-state index in [1.807, 2.05) is 0 Å². The first-order valence-corrected chi connectivity index (χ1v) is 6.71. The van der Waals surface area contributed by atoms with Gasteiger partial charge in [0.1, 0.15) is 0 Å². The molecular formula is C14H31N. The topological polar surface area (TPSA) is 12.0 Å². The van der Waals surface area contributed by atoms with Crippen LogP contribution in [0.1, 0.15) is 73.6 Å². The van der Waals surface area contributed by atoms with Crippen LogP contribution in [0, 0.1) is 5.92 Å². The molecule has 1 unspecified atom stereocenters. The maximum Gasteiger partial charge on any atom is 0.0155 e. The molecule has 0 aliphatic carbocycles. The smallest absolute Gasteiger partial charge is 0.0155 e. The Labute approximate surface area is 97.0 Å². The van der Waals surface area contributed by atoms with Crippen molar-refractivity contribution in [3.8, 4) is 0 Å². The molecule has 0 aliphatic heterocycles. The first kappa shape index (κ1) is 15.0. The molecule has 0 aromatic heterocycles. The zero-order valence-electron chi connectivity index (χ0n) is 11.7. The van der Waals surface area contributed by atoms with E-state index in [9.17, 15) is 0 Å². The normalized spacial score (nSPS) is 14.6. The van der Waals surface area contributed by atoms with E-state index in [2.05, 4.69) is 46.9 Å². The van der Waals surface area contributed by atoms with Gasteiger partial charge in [0, 0.05) is 11.6 Å². The average Bonchev–Trinajstić information content (AvgIpc) is 2.09. The standard InChI is InChI=1S/C14H31N/c1-7-9-10-11-13(8-2)14(5,6)15-12(3)4/h12-13,15H,7-11H2,1-6H3. The number of hydrogen-bond acceptors (Lipinski definition) is 1. The van der Waals surface area contributed by atoms with Gasteiger partial charge in [0.15, 0.2) is 0 Å². The third-order valence-corrected chi connectivity index (χ3v) is 3.33. The lowest BCUT2D eigenvalue weighted by atomic mass is 9.81. The Bertz CT molecular complexity index is 149. The fourth-order valence-electron chi connectivity index (χ4n) is 2.58. The van der Waals surface area contributed by atoms with E-state index >= 15 is 0 Å². The summed E-state index contributed by atoms with van der Waals surface area (Å²) in [6, 6.07) is 0.584. The molecule has 0 amide bonds. The van der Waals surface area contributed by atoms with Crippen LogP contribution in [0.15, 0.2) is 0 Å². The summed E-state index contributed by atoms with van der Waals surface area (Å²) in [5.74, 6) is 0.812. The van der Waals surface area contributed by atoms with E-state index in [0.717, 1.165) is 5.92 Å². The second-order valence-corrected chi connectivity index (χ2v) is 5.62. The van der Waals surface area contributed by atoms with Gasteiger partial charge in [0.25, 0.3) is 0 Å². The van der Waals surface area contributed by atoms with Crippen LogP contribution in [-0.2, 0) is 0 Å². The Morgan fingerprint density at radius 1 is 1.07 bits per heavy atom. The fourth-order valence-corrected chi connectivity index (χ4v) is 2.58. The lowest BCUT2D eigenvalue weighted by Crippen LogP contribution is -2.49. The zero-order chi connectivity index (χ0) is 11.9. The quantitative estimate of drug-likeness (QED) is 0.590. The minimum atomic E-state index is 0.288. The van der Waals surface area contributed by atoms with Crippen LogP contribution in [-0.4, -0.2) is 11.6 Å². The van der Waals surface area contributed by atoms with Crippen molar-refractivity contribution >= 4 is 0 Å². The molecule has 0 fully saturated rings. The number of hydrogen-bond donors (Lipinski definition) is 1. The molecule has 0 bridgehead atoms. The van der Waals surface area contributed by atoms with E-state index in [4.69, 9.17) is 0 Å². The Hall–Kier alpha value is -0.0400. The molecule has 0 rings (SSSR count). The van der Waals surface area contributed by atoms with Crippen molar-refractivity contribution in [1.29, 1.82) is 0 Å². The highest BCUT2D eigenvalue weighted by Crippen LogP contribution is 2.26. The molecule has 0 radical (unpaired) electrons. The van der Waals surface area contributed by atoms with Crippen molar-refractivity contribution < 1.29 is 0 Å². The summed E-state index contributed by atoms with van der Waals surface area (Å²) >= 11 is 0. The Balaban J connectivity index is 4.11. The Kier molecular flexibility index (Phi) is 7.25. The molecule has 0 saturated heterocycles. The van der Waals surface area contributed by atoms with Crippen LogP contribution in [0.5, 0.6) is 0 Å². The number of nitrogens with one attached hydrogen (secondary N) is 1. The first-order chi connectivity index (χ1) is 6.94. The molecule has 0 saturated carbocycles. The summed E-state index contributed by atoms with van der Waals surface area (Å²) in [4.78, 5) is 0. The molecule has 0 spiro atoms. The molecule has 92 valence electrons. The summed E-state index contributed by atoms with van der Waals surface area (Å²) in [5, 5.41) is 3.70. The SMILES string of the molecule is CCCCCC(CC)C(C)(C)NC(C)C. The summed E-state index contributed by atoms with van der Waals surface area (Å²) in [7, 11) is 0. The van der Waals surface area contributed by atoms with Gasteiger partial charge in [-0.15, -0.1) is 0 Å². The Morgan fingerprint density at radius 2 is 1.67 bits per heavy atom. The van der Waals surface area contributed by atoms with E-state index < -0.39 is 0 Å². The predicted molar refractivity (Wildman–Crippen MR) is 70.3 cm³/mol. The molecule has 0 aliphatic rings. The molecular weight excluding hydrogens is 182 g/mol. The summed E-state index contributed by atoms with van der Waals surface area (Å²) in [6.45, 7) is 13.8. The van der Waals surface area contributed by atoms with Crippen LogP contribution in [0.2, 0.25) is 0 Å². The van der Waals surface area contributed by atoms with E-state index in [1.54, 1.807) is 0 Å². The highest BCUT2D eigenvalue weighted by Gasteiger charge is 2.27. The Morgan fingerprint density at radius 3 is 2.07 bits per heavy atom. The third-order valence-electron chi connectivity index (χ3n) is 3.33. The van der Waals surface area contributed by atoms with Crippen LogP contribution in [0.4, 0.5) is 0 Å². The largest absolute Gasteiger partial charge is 0.309 e. The number of rotatable bonds is 8. The van der Waals surface area contributed by atoms with Gasteiger partial charge in [-0.05, 0) is 26.2 Å². The van der Waals surface area contributed by atoms with E-state index in [1.165, 1.54) is 32.1 Å². The fraction of sp³-hybridized carbons (Fsp3) is 1.00. The predicted octanol–water partition coefficient (Wildman–Crippen LogP) is 4.37. The molecule has 1 nitrogen and oxygen atoms in total. The monoisotopic (exact) mass is 213 g/mol. The second-order valence-electron chi connectivity index (χ2n) is 5.62. The highest BCUT2D eigenvalue weighted by molar-refractivity contribution is 4.86. The van der Waals surface area contributed by atoms with Crippen LogP contribution < -0.4 is 5.32 Å². The molecule has 0 aromatic carbocycles. The van der Waals surface area contributed by atoms with Gasteiger partial charge in [-0.2, -0.15) is 0 Å². The van der Waals surface area contributed by atoms with E-state index in [-0.39, 0.29) is 5.54 Å². The first-order valence-electron chi connectivity index (χ1n) is 6.71. The second kappa shape index (κ2) is 7.27. The van der Waals surface area contributed by atoms with Crippen molar-refractivity contribution in [2.24, 2.45) is 5.92 Å². The van der Waals surface area contributed by atoms with Crippen LogP contribution in [0.25, 0.3) is 0 Å². The molecule has 15 heavy (non-hydrogen) atoms. The van der Waals surface area contributed by atoms with Gasteiger partial charge in [-0.3, -0.25) is 0 Å². The van der Waals surface area contributed by atoms with Crippen LogP contribution in [0.3, 0.4) is 0 Å². The van der Waals surface area contributed by atoms with Gasteiger partial charge < -0.3 is 5.32 Å². The van der Waals surface area contributed by atoms with Crippen molar-refractivity contribution in [2.75, 3.05) is 0 Å². The van der Waals surface area contributed by atoms with E-state index in [0.29, 0.717) is 6.04 Å². The van der Waals surface area contributed by atoms with Crippen molar-refractivity contribution in [1.82, 2.24) is 5.32 Å². The van der Waals surface area contributed by atoms with Gasteiger partial charge >= 0.3 is 0 Å². The van der Waals surface area contributed by atoms with Gasteiger partial charge in [-0.25, -0.2) is 0 Å². The van der Waals surface area contributed by atoms with Gasteiger partial charge in [0.2, 0.25) is 0 Å². The highest BCUT2D eigenvalue weighted by atomic mass is 15.0. The van der Waals surface area contributed by atoms with Crippen LogP contribution >= 0.6 is 0 Å². The summed E-state index contributed by atoms with van der Waals surface area (Å²) in [6.07, 6.45) is 6.76. The van der Waals surface area contributed by atoms with Gasteiger partial charge in [-0.1, -0.05) is 53.4 Å². The van der Waals surface area contributed by atoms with Crippen molar-refractivity contribution in [3.05, 3.63) is 0 Å². The van der Waals surface area contributed by atoms with Crippen molar-refractivity contribution in [2.45, 2.75) is 85.2 Å². The lowest BCUT2D eigenvalue weighted by Gasteiger charge is -2.37. The summed E-state index contributed by atoms with van der Waals surface area (Å²) < 4.78 is 0. The van der Waals surface area contributed by atoms with Gasteiger partial charge in [0.05, 0.1) is 0 Å². The minimum absolute atomic E-state index is 0.288. The molecule has 0 aromatic rings. The zero-order valence-corrected chi connectivity index (χ0v) is 11.7. The molecule has 1 heteroatoms. The number of unbranched alkanes of at least 4 members (excludes halogenated alkanes) is 2. The third kappa shape index (κ3) is 6.19. The summed E-state index contributed by atoms with van der Waals surface area (Å²) in [5.41, 5.74) is 0.288. The molecule has 0 heterocycles. The molecule has 1 N–H and O–H groups in total. The maximum absolute atomic E-state index is 3.70. The lowest BCUT2D eigenvalue weighted by molar-refractivity contribution is 0.212. The average molecular weight is 213 g/mol. The minimum Gasteiger partial charge on any atom is -0.309 e. The van der Waals surface area contributed by atoms with Crippen molar-refractivity contribution in [3.63, 3.8) is 0 Å². The molecule has 1 atom stereocenters. The maximum atomic E-state index is 3.70.